The van der Waals surface area contributed by atoms with E-state index < -0.39 is 0 Å². The number of nitrogens with zero attached hydrogens (tertiary/aromatic N) is 1. The molecule has 1 aliphatic carbocycles. The molecule has 0 spiro atoms. The van der Waals surface area contributed by atoms with Crippen LogP contribution >= 0.6 is 0 Å². The first-order valence-electron chi connectivity index (χ1n) is 6.04. The maximum atomic E-state index is 8.81. The molecular formula is C14H18N2. The summed E-state index contributed by atoms with van der Waals surface area (Å²) in [5.74, 6) is 0.918. The predicted molar refractivity (Wildman–Crippen MR) is 66.2 cm³/mol. The lowest BCUT2D eigenvalue weighted by Crippen LogP contribution is -2.23. The number of hydrogen-bond acceptors (Lipinski definition) is 2. The topological polar surface area (TPSA) is 35.8 Å². The Hall–Kier alpha value is -1.49. The number of rotatable bonds is 4. The van der Waals surface area contributed by atoms with Crippen molar-refractivity contribution in [2.75, 3.05) is 5.32 Å². The molecule has 1 aromatic carbocycles. The summed E-state index contributed by atoms with van der Waals surface area (Å²) in [6.45, 7) is 2.22. The lowest BCUT2D eigenvalue weighted by atomic mass is 9.81. The zero-order valence-corrected chi connectivity index (χ0v) is 9.74. The smallest absolute Gasteiger partial charge is 0.0992 e. The molecule has 0 amide bonds. The average Bonchev–Trinajstić information content (AvgIpc) is 2.24. The van der Waals surface area contributed by atoms with E-state index in [0.717, 1.165) is 17.2 Å². The third kappa shape index (κ3) is 2.76. The molecule has 0 aromatic heterocycles. The quantitative estimate of drug-likeness (QED) is 0.832. The van der Waals surface area contributed by atoms with Crippen molar-refractivity contribution < 1.29 is 0 Å². The first-order valence-corrected chi connectivity index (χ1v) is 6.04. The Labute approximate surface area is 97.3 Å². The molecule has 1 N–H and O–H groups in total. The molecule has 84 valence electrons. The van der Waals surface area contributed by atoms with Gasteiger partial charge >= 0.3 is 0 Å². The number of anilines is 1. The Morgan fingerprint density at radius 2 is 2.31 bits per heavy atom. The maximum absolute atomic E-state index is 8.81. The molecule has 1 saturated carbocycles. The van der Waals surface area contributed by atoms with Gasteiger partial charge < -0.3 is 5.32 Å². The van der Waals surface area contributed by atoms with Gasteiger partial charge in [-0.2, -0.15) is 5.26 Å². The van der Waals surface area contributed by atoms with Gasteiger partial charge in [-0.3, -0.25) is 0 Å². The predicted octanol–water partition coefficient (Wildman–Crippen LogP) is 3.55. The van der Waals surface area contributed by atoms with Crippen LogP contribution in [0.4, 0.5) is 5.69 Å². The molecule has 1 fully saturated rings. The van der Waals surface area contributed by atoms with Crippen molar-refractivity contribution in [2.24, 2.45) is 5.92 Å². The van der Waals surface area contributed by atoms with Crippen LogP contribution in [0.3, 0.4) is 0 Å². The normalized spacial score (nSPS) is 17.2. The summed E-state index contributed by atoms with van der Waals surface area (Å²) in [4.78, 5) is 0. The van der Waals surface area contributed by atoms with Crippen molar-refractivity contribution in [1.29, 1.82) is 5.26 Å². The van der Waals surface area contributed by atoms with E-state index in [-0.39, 0.29) is 0 Å². The van der Waals surface area contributed by atoms with Crippen LogP contribution in [-0.4, -0.2) is 6.04 Å². The third-order valence-electron chi connectivity index (χ3n) is 3.32. The van der Waals surface area contributed by atoms with Crippen LogP contribution in [-0.2, 0) is 0 Å². The molecule has 1 aliphatic rings. The maximum Gasteiger partial charge on any atom is 0.0992 e. The molecule has 1 unspecified atom stereocenters. The van der Waals surface area contributed by atoms with E-state index in [0.29, 0.717) is 6.04 Å². The van der Waals surface area contributed by atoms with Gasteiger partial charge in [-0.25, -0.2) is 0 Å². The summed E-state index contributed by atoms with van der Waals surface area (Å²) in [6.07, 6.45) is 5.44. The minimum Gasteiger partial charge on any atom is -0.383 e. The highest BCUT2D eigenvalue weighted by molar-refractivity contribution is 5.49. The second kappa shape index (κ2) is 5.03. The van der Waals surface area contributed by atoms with Crippen LogP contribution < -0.4 is 5.32 Å². The summed E-state index contributed by atoms with van der Waals surface area (Å²) in [7, 11) is 0. The number of hydrogen-bond donors (Lipinski definition) is 1. The van der Waals surface area contributed by atoms with Crippen LogP contribution in [0.5, 0.6) is 0 Å². The van der Waals surface area contributed by atoms with Crippen LogP contribution in [0.15, 0.2) is 24.3 Å². The molecule has 1 aromatic rings. The van der Waals surface area contributed by atoms with Crippen molar-refractivity contribution >= 4 is 5.69 Å². The van der Waals surface area contributed by atoms with Gasteiger partial charge in [-0.05, 0) is 37.5 Å². The molecule has 0 aliphatic heterocycles. The molecule has 2 rings (SSSR count). The first kappa shape index (κ1) is 11.0. The van der Waals surface area contributed by atoms with Crippen molar-refractivity contribution in [1.82, 2.24) is 0 Å². The minimum absolute atomic E-state index is 0.499. The number of benzene rings is 1. The van der Waals surface area contributed by atoms with Crippen LogP contribution in [0, 0.1) is 17.2 Å². The lowest BCUT2D eigenvalue weighted by molar-refractivity contribution is 0.286. The van der Waals surface area contributed by atoms with Crippen molar-refractivity contribution in [3.8, 4) is 6.07 Å². The van der Waals surface area contributed by atoms with Crippen molar-refractivity contribution in [3.63, 3.8) is 0 Å². The summed E-state index contributed by atoms with van der Waals surface area (Å²) >= 11 is 0. The van der Waals surface area contributed by atoms with E-state index in [2.05, 4.69) is 18.3 Å². The summed E-state index contributed by atoms with van der Waals surface area (Å²) in [5, 5.41) is 12.3. The molecule has 1 atom stereocenters. The van der Waals surface area contributed by atoms with Gasteiger partial charge in [0.05, 0.1) is 11.6 Å². The van der Waals surface area contributed by atoms with Crippen molar-refractivity contribution in [2.45, 2.75) is 38.6 Å². The number of nitrogens with one attached hydrogen (secondary N) is 1. The SMILES string of the molecule is CC(CC1CCC1)Nc1cccc(C#N)c1. The molecule has 0 radical (unpaired) electrons. The zero-order valence-electron chi connectivity index (χ0n) is 9.74. The van der Waals surface area contributed by atoms with Gasteiger partial charge in [0.2, 0.25) is 0 Å². The van der Waals surface area contributed by atoms with Gasteiger partial charge in [-0.15, -0.1) is 0 Å². The van der Waals surface area contributed by atoms with Crippen LogP contribution in [0.2, 0.25) is 0 Å². The van der Waals surface area contributed by atoms with Gasteiger partial charge in [0.25, 0.3) is 0 Å². The van der Waals surface area contributed by atoms with E-state index in [1.807, 2.05) is 24.3 Å². The standard InChI is InChI=1S/C14H18N2/c1-11(8-12-4-2-5-12)16-14-7-3-6-13(9-14)10-15/h3,6-7,9,11-12,16H,2,4-5,8H2,1H3. The molecule has 0 bridgehead atoms. The average molecular weight is 214 g/mol. The fourth-order valence-electron chi connectivity index (χ4n) is 2.25. The highest BCUT2D eigenvalue weighted by atomic mass is 14.9. The minimum atomic E-state index is 0.499. The number of nitriles is 1. The molecular weight excluding hydrogens is 196 g/mol. The van der Waals surface area contributed by atoms with Gasteiger partial charge in [0.1, 0.15) is 0 Å². The van der Waals surface area contributed by atoms with E-state index >= 15 is 0 Å². The third-order valence-corrected chi connectivity index (χ3v) is 3.32. The summed E-state index contributed by atoms with van der Waals surface area (Å²) < 4.78 is 0. The molecule has 0 saturated heterocycles. The van der Waals surface area contributed by atoms with E-state index in [9.17, 15) is 0 Å². The van der Waals surface area contributed by atoms with Gasteiger partial charge in [0, 0.05) is 11.7 Å². The van der Waals surface area contributed by atoms with Gasteiger partial charge in [-0.1, -0.05) is 25.3 Å². The van der Waals surface area contributed by atoms with E-state index in [1.165, 1.54) is 25.7 Å². The van der Waals surface area contributed by atoms with Crippen LogP contribution in [0.1, 0.15) is 38.2 Å². The summed E-state index contributed by atoms with van der Waals surface area (Å²) in [6, 6.07) is 10.4. The monoisotopic (exact) mass is 214 g/mol. The van der Waals surface area contributed by atoms with Gasteiger partial charge in [0.15, 0.2) is 0 Å². The Balaban J connectivity index is 1.89. The highest BCUT2D eigenvalue weighted by Gasteiger charge is 2.19. The second-order valence-corrected chi connectivity index (χ2v) is 4.77. The molecule has 0 heterocycles. The fourth-order valence-corrected chi connectivity index (χ4v) is 2.25. The zero-order chi connectivity index (χ0) is 11.4. The van der Waals surface area contributed by atoms with Crippen molar-refractivity contribution in [3.05, 3.63) is 29.8 Å². The largest absolute Gasteiger partial charge is 0.383 e. The Morgan fingerprint density at radius 1 is 1.50 bits per heavy atom. The lowest BCUT2D eigenvalue weighted by Gasteiger charge is -2.28. The van der Waals surface area contributed by atoms with Crippen LogP contribution in [0.25, 0.3) is 0 Å². The van der Waals surface area contributed by atoms with E-state index in [1.54, 1.807) is 0 Å². The Morgan fingerprint density at radius 3 is 2.94 bits per heavy atom. The van der Waals surface area contributed by atoms with E-state index in [4.69, 9.17) is 5.26 Å². The molecule has 2 heteroatoms. The first-order chi connectivity index (χ1) is 7.78. The molecule has 16 heavy (non-hydrogen) atoms. The second-order valence-electron chi connectivity index (χ2n) is 4.77. The fraction of sp³-hybridized carbons (Fsp3) is 0.500. The summed E-state index contributed by atoms with van der Waals surface area (Å²) in [5.41, 5.74) is 1.78. The highest BCUT2D eigenvalue weighted by Crippen LogP contribution is 2.31. The molecule has 2 nitrogen and oxygen atoms in total. The Kier molecular flexibility index (Phi) is 3.46. The Bertz CT molecular complexity index is 388.